The van der Waals surface area contributed by atoms with Crippen molar-refractivity contribution in [3.63, 3.8) is 0 Å². The predicted molar refractivity (Wildman–Crippen MR) is 98.3 cm³/mol. The van der Waals surface area contributed by atoms with E-state index in [2.05, 4.69) is 107 Å². The molecule has 2 heteroatoms. The molecule has 0 spiro atoms. The summed E-state index contributed by atoms with van der Waals surface area (Å²) >= 11 is 3.51. The molecular formula is C20H18BrN. The summed E-state index contributed by atoms with van der Waals surface area (Å²) in [5, 5.41) is 0. The summed E-state index contributed by atoms with van der Waals surface area (Å²) in [5.74, 6) is 0. The van der Waals surface area contributed by atoms with Crippen molar-refractivity contribution >= 4 is 33.0 Å². The molecule has 0 bridgehead atoms. The van der Waals surface area contributed by atoms with Gasteiger partial charge in [-0.05, 0) is 73.5 Å². The molecule has 0 saturated carbocycles. The summed E-state index contributed by atoms with van der Waals surface area (Å²) in [6, 6.07) is 25.6. The average Bonchev–Trinajstić information content (AvgIpc) is 2.50. The zero-order valence-corrected chi connectivity index (χ0v) is 14.3. The molecule has 22 heavy (non-hydrogen) atoms. The maximum Gasteiger partial charge on any atom is 0.0464 e. The topological polar surface area (TPSA) is 3.24 Å². The Hall–Kier alpha value is -2.06. The van der Waals surface area contributed by atoms with Crippen LogP contribution in [-0.4, -0.2) is 0 Å². The highest BCUT2D eigenvalue weighted by Crippen LogP contribution is 2.35. The van der Waals surface area contributed by atoms with Crippen molar-refractivity contribution in [2.24, 2.45) is 0 Å². The fourth-order valence-electron chi connectivity index (χ4n) is 2.57. The van der Waals surface area contributed by atoms with Gasteiger partial charge in [0.05, 0.1) is 0 Å². The van der Waals surface area contributed by atoms with E-state index in [1.807, 2.05) is 0 Å². The van der Waals surface area contributed by atoms with Crippen molar-refractivity contribution in [1.29, 1.82) is 0 Å². The number of rotatable bonds is 3. The van der Waals surface area contributed by atoms with Gasteiger partial charge in [-0.1, -0.05) is 40.2 Å². The molecule has 3 aromatic rings. The molecule has 0 fully saturated rings. The van der Waals surface area contributed by atoms with E-state index < -0.39 is 0 Å². The third kappa shape index (κ3) is 3.23. The second-order valence-corrected chi connectivity index (χ2v) is 6.41. The lowest BCUT2D eigenvalue weighted by atomic mass is 10.1. The molecule has 1 nitrogen and oxygen atoms in total. The molecule has 0 radical (unpaired) electrons. The summed E-state index contributed by atoms with van der Waals surface area (Å²) < 4.78 is 1.09. The molecule has 0 unspecified atom stereocenters. The van der Waals surface area contributed by atoms with Crippen LogP contribution in [0.25, 0.3) is 0 Å². The van der Waals surface area contributed by atoms with Crippen molar-refractivity contribution in [3.8, 4) is 0 Å². The molecule has 0 saturated heterocycles. The third-order valence-corrected chi connectivity index (χ3v) is 4.13. The van der Waals surface area contributed by atoms with Gasteiger partial charge in [-0.25, -0.2) is 0 Å². The summed E-state index contributed by atoms with van der Waals surface area (Å²) in [6.45, 7) is 4.25. The van der Waals surface area contributed by atoms with Gasteiger partial charge in [0.1, 0.15) is 0 Å². The normalized spacial score (nSPS) is 10.5. The van der Waals surface area contributed by atoms with Crippen LogP contribution in [0.15, 0.2) is 77.3 Å². The second-order valence-electron chi connectivity index (χ2n) is 5.49. The molecule has 0 atom stereocenters. The van der Waals surface area contributed by atoms with Gasteiger partial charge < -0.3 is 4.90 Å². The van der Waals surface area contributed by atoms with Crippen molar-refractivity contribution < 1.29 is 0 Å². The zero-order chi connectivity index (χ0) is 15.5. The van der Waals surface area contributed by atoms with E-state index in [-0.39, 0.29) is 0 Å². The molecule has 0 aliphatic heterocycles. The Balaban J connectivity index is 2.15. The zero-order valence-electron chi connectivity index (χ0n) is 12.8. The van der Waals surface area contributed by atoms with Crippen LogP contribution in [0, 0.1) is 13.8 Å². The first-order chi connectivity index (χ1) is 10.6. The molecule has 0 aliphatic carbocycles. The number of aryl methyl sites for hydroxylation is 2. The molecule has 110 valence electrons. The molecule has 3 aromatic carbocycles. The lowest BCUT2D eigenvalue weighted by molar-refractivity contribution is 1.26. The van der Waals surface area contributed by atoms with Gasteiger partial charge in [0, 0.05) is 21.5 Å². The summed E-state index contributed by atoms with van der Waals surface area (Å²) in [7, 11) is 0. The van der Waals surface area contributed by atoms with Gasteiger partial charge in [0.15, 0.2) is 0 Å². The molecule has 0 amide bonds. The fourth-order valence-corrected chi connectivity index (χ4v) is 2.84. The fraction of sp³-hybridized carbons (Fsp3) is 0.100. The van der Waals surface area contributed by atoms with E-state index >= 15 is 0 Å². The Kier molecular flexibility index (Phi) is 4.30. The number of halogens is 1. The molecule has 3 rings (SSSR count). The molecule has 0 aliphatic rings. The number of benzene rings is 3. The van der Waals surface area contributed by atoms with Crippen LogP contribution in [0.3, 0.4) is 0 Å². The maximum atomic E-state index is 3.51. The minimum absolute atomic E-state index is 1.09. The van der Waals surface area contributed by atoms with E-state index in [0.717, 1.165) is 10.2 Å². The van der Waals surface area contributed by atoms with Crippen molar-refractivity contribution in [1.82, 2.24) is 0 Å². The molecule has 0 heterocycles. The number of hydrogen-bond donors (Lipinski definition) is 0. The Morgan fingerprint density at radius 1 is 0.636 bits per heavy atom. The van der Waals surface area contributed by atoms with Gasteiger partial charge in [-0.2, -0.15) is 0 Å². The van der Waals surface area contributed by atoms with Crippen LogP contribution >= 0.6 is 15.9 Å². The third-order valence-electron chi connectivity index (χ3n) is 3.60. The first-order valence-corrected chi connectivity index (χ1v) is 8.12. The van der Waals surface area contributed by atoms with Crippen LogP contribution < -0.4 is 4.90 Å². The SMILES string of the molecule is Cc1cccc(N(c2ccc(Br)cc2)c2cccc(C)c2)c1. The minimum atomic E-state index is 1.09. The van der Waals surface area contributed by atoms with Crippen molar-refractivity contribution in [2.75, 3.05) is 4.90 Å². The smallest absolute Gasteiger partial charge is 0.0464 e. The predicted octanol–water partition coefficient (Wildman–Crippen LogP) is 6.54. The van der Waals surface area contributed by atoms with E-state index in [1.54, 1.807) is 0 Å². The number of nitrogens with zero attached hydrogens (tertiary/aromatic N) is 1. The minimum Gasteiger partial charge on any atom is -0.310 e. The van der Waals surface area contributed by atoms with Crippen LogP contribution in [0.4, 0.5) is 17.1 Å². The first kappa shape index (κ1) is 14.9. The van der Waals surface area contributed by atoms with E-state index in [0.29, 0.717) is 0 Å². The van der Waals surface area contributed by atoms with Crippen LogP contribution in [-0.2, 0) is 0 Å². The van der Waals surface area contributed by atoms with Gasteiger partial charge in [-0.15, -0.1) is 0 Å². The molecular weight excluding hydrogens is 334 g/mol. The summed E-state index contributed by atoms with van der Waals surface area (Å²) in [4.78, 5) is 2.28. The highest BCUT2D eigenvalue weighted by molar-refractivity contribution is 9.10. The van der Waals surface area contributed by atoms with Gasteiger partial charge in [-0.3, -0.25) is 0 Å². The van der Waals surface area contributed by atoms with Gasteiger partial charge in [0.25, 0.3) is 0 Å². The standard InChI is InChI=1S/C20H18BrN/c1-15-5-3-7-19(13-15)22(18-11-9-17(21)10-12-18)20-8-4-6-16(2)14-20/h3-14H,1-2H3. The average molecular weight is 352 g/mol. The highest BCUT2D eigenvalue weighted by atomic mass is 79.9. The van der Waals surface area contributed by atoms with Gasteiger partial charge >= 0.3 is 0 Å². The Morgan fingerprint density at radius 2 is 1.14 bits per heavy atom. The lowest BCUT2D eigenvalue weighted by Crippen LogP contribution is -2.10. The number of hydrogen-bond acceptors (Lipinski definition) is 1. The van der Waals surface area contributed by atoms with E-state index in [1.165, 1.54) is 22.5 Å². The largest absolute Gasteiger partial charge is 0.310 e. The van der Waals surface area contributed by atoms with E-state index in [9.17, 15) is 0 Å². The van der Waals surface area contributed by atoms with E-state index in [4.69, 9.17) is 0 Å². The monoisotopic (exact) mass is 351 g/mol. The number of anilines is 3. The lowest BCUT2D eigenvalue weighted by Gasteiger charge is -2.26. The highest BCUT2D eigenvalue weighted by Gasteiger charge is 2.12. The summed E-state index contributed by atoms with van der Waals surface area (Å²) in [5.41, 5.74) is 6.01. The maximum absolute atomic E-state index is 3.51. The van der Waals surface area contributed by atoms with Crippen molar-refractivity contribution in [2.45, 2.75) is 13.8 Å². The van der Waals surface area contributed by atoms with Crippen LogP contribution in [0.5, 0.6) is 0 Å². The van der Waals surface area contributed by atoms with Gasteiger partial charge in [0.2, 0.25) is 0 Å². The quantitative estimate of drug-likeness (QED) is 0.518. The Morgan fingerprint density at radius 3 is 1.59 bits per heavy atom. The van der Waals surface area contributed by atoms with Crippen molar-refractivity contribution in [3.05, 3.63) is 88.4 Å². The second kappa shape index (κ2) is 6.37. The summed E-state index contributed by atoms with van der Waals surface area (Å²) in [6.07, 6.45) is 0. The molecule has 0 N–H and O–H groups in total. The Bertz CT molecular complexity index is 732. The first-order valence-electron chi connectivity index (χ1n) is 7.32. The van der Waals surface area contributed by atoms with Crippen LogP contribution in [0.1, 0.15) is 11.1 Å². The van der Waals surface area contributed by atoms with Crippen LogP contribution in [0.2, 0.25) is 0 Å². The Labute approximate surface area is 140 Å². The molecule has 0 aromatic heterocycles.